The van der Waals surface area contributed by atoms with Crippen molar-refractivity contribution in [3.8, 4) is 0 Å². The van der Waals surface area contributed by atoms with Gasteiger partial charge in [-0.05, 0) is 11.6 Å². The minimum atomic E-state index is -0.290. The third kappa shape index (κ3) is 4.17. The summed E-state index contributed by atoms with van der Waals surface area (Å²) in [5.74, 6) is -0.290. The van der Waals surface area contributed by atoms with Crippen LogP contribution in [0.4, 0.5) is 0 Å². The zero-order valence-electron chi connectivity index (χ0n) is 11.2. The number of aliphatic hydroxyl groups excluding tert-OH is 1. The van der Waals surface area contributed by atoms with E-state index in [1.807, 2.05) is 30.3 Å². The summed E-state index contributed by atoms with van der Waals surface area (Å²) in [4.78, 5) is 17.9. The summed E-state index contributed by atoms with van der Waals surface area (Å²) < 4.78 is 0. The molecule has 0 aliphatic carbocycles. The minimum Gasteiger partial charge on any atom is -0.395 e. The molecule has 1 amide bonds. The van der Waals surface area contributed by atoms with Crippen LogP contribution >= 0.6 is 23.2 Å². The molecule has 0 atom stereocenters. The van der Waals surface area contributed by atoms with E-state index in [4.69, 9.17) is 28.3 Å². The summed E-state index contributed by atoms with van der Waals surface area (Å²) in [6.07, 6.45) is 1.34. The molecule has 1 aromatic heterocycles. The maximum Gasteiger partial charge on any atom is 0.255 e. The van der Waals surface area contributed by atoms with Gasteiger partial charge in [-0.1, -0.05) is 53.5 Å². The van der Waals surface area contributed by atoms with Crippen molar-refractivity contribution in [3.05, 3.63) is 63.9 Å². The number of nitrogens with zero attached hydrogens (tertiary/aromatic N) is 2. The first-order valence-corrected chi connectivity index (χ1v) is 7.12. The van der Waals surface area contributed by atoms with Crippen molar-refractivity contribution in [1.29, 1.82) is 0 Å². The van der Waals surface area contributed by atoms with E-state index < -0.39 is 0 Å². The molecule has 0 aliphatic heterocycles. The SMILES string of the molecule is O=C(c1cc(Cl)ncc1Cl)N(CCO)Cc1ccccc1. The van der Waals surface area contributed by atoms with Crippen molar-refractivity contribution in [2.24, 2.45) is 0 Å². The molecule has 0 saturated heterocycles. The van der Waals surface area contributed by atoms with Gasteiger partial charge in [0, 0.05) is 19.3 Å². The number of pyridine rings is 1. The van der Waals surface area contributed by atoms with Crippen LogP contribution in [0.25, 0.3) is 0 Å². The first-order valence-electron chi connectivity index (χ1n) is 6.37. The van der Waals surface area contributed by atoms with E-state index in [1.165, 1.54) is 17.2 Å². The molecule has 110 valence electrons. The highest BCUT2D eigenvalue weighted by atomic mass is 35.5. The topological polar surface area (TPSA) is 53.4 Å². The van der Waals surface area contributed by atoms with Crippen LogP contribution in [0.1, 0.15) is 15.9 Å². The van der Waals surface area contributed by atoms with Crippen molar-refractivity contribution in [2.45, 2.75) is 6.54 Å². The third-order valence-corrected chi connectivity index (χ3v) is 3.43. The maximum absolute atomic E-state index is 12.6. The first kappa shape index (κ1) is 15.8. The van der Waals surface area contributed by atoms with Gasteiger partial charge in [0.2, 0.25) is 0 Å². The molecule has 1 N–H and O–H groups in total. The molecule has 6 heteroatoms. The smallest absolute Gasteiger partial charge is 0.255 e. The molecule has 4 nitrogen and oxygen atoms in total. The molecule has 0 saturated carbocycles. The monoisotopic (exact) mass is 324 g/mol. The van der Waals surface area contributed by atoms with Crippen LogP contribution in [0.5, 0.6) is 0 Å². The van der Waals surface area contributed by atoms with E-state index >= 15 is 0 Å². The number of rotatable bonds is 5. The fraction of sp³-hybridized carbons (Fsp3) is 0.200. The Kier molecular flexibility index (Phi) is 5.56. The lowest BCUT2D eigenvalue weighted by molar-refractivity contribution is 0.0708. The number of carbonyl (C=O) groups is 1. The number of aliphatic hydroxyl groups is 1. The van der Waals surface area contributed by atoms with Crippen LogP contribution in [-0.4, -0.2) is 34.0 Å². The van der Waals surface area contributed by atoms with Crippen LogP contribution in [0.15, 0.2) is 42.6 Å². The van der Waals surface area contributed by atoms with Crippen molar-refractivity contribution in [3.63, 3.8) is 0 Å². The molecule has 2 rings (SSSR count). The first-order chi connectivity index (χ1) is 10.1. The van der Waals surface area contributed by atoms with Gasteiger partial charge in [-0.25, -0.2) is 4.98 Å². The van der Waals surface area contributed by atoms with Crippen LogP contribution in [0, 0.1) is 0 Å². The summed E-state index contributed by atoms with van der Waals surface area (Å²) in [7, 11) is 0. The van der Waals surface area contributed by atoms with Crippen molar-refractivity contribution in [2.75, 3.05) is 13.2 Å². The van der Waals surface area contributed by atoms with Crippen LogP contribution in [0.2, 0.25) is 10.2 Å². The van der Waals surface area contributed by atoms with E-state index in [0.29, 0.717) is 6.54 Å². The van der Waals surface area contributed by atoms with Crippen molar-refractivity contribution >= 4 is 29.1 Å². The summed E-state index contributed by atoms with van der Waals surface area (Å²) in [5.41, 5.74) is 1.25. The quantitative estimate of drug-likeness (QED) is 0.860. The van der Waals surface area contributed by atoms with Crippen LogP contribution in [-0.2, 0) is 6.54 Å². The molecule has 0 bridgehead atoms. The molecular weight excluding hydrogens is 311 g/mol. The Bertz CT molecular complexity index is 620. The van der Waals surface area contributed by atoms with Gasteiger partial charge in [-0.15, -0.1) is 0 Å². The predicted octanol–water partition coefficient (Wildman–Crippen LogP) is 3.02. The average Bonchev–Trinajstić information content (AvgIpc) is 2.49. The fourth-order valence-corrected chi connectivity index (χ4v) is 2.27. The maximum atomic E-state index is 12.6. The van der Waals surface area contributed by atoms with Gasteiger partial charge in [-0.2, -0.15) is 0 Å². The van der Waals surface area contributed by atoms with E-state index in [-0.39, 0.29) is 34.8 Å². The second-order valence-electron chi connectivity index (χ2n) is 4.42. The van der Waals surface area contributed by atoms with Gasteiger partial charge in [0.15, 0.2) is 0 Å². The second kappa shape index (κ2) is 7.41. The van der Waals surface area contributed by atoms with Gasteiger partial charge in [0.1, 0.15) is 5.15 Å². The lowest BCUT2D eigenvalue weighted by Crippen LogP contribution is -2.33. The predicted molar refractivity (Wildman–Crippen MR) is 82.5 cm³/mol. The Morgan fingerprint density at radius 1 is 1.24 bits per heavy atom. The average molecular weight is 325 g/mol. The van der Waals surface area contributed by atoms with Gasteiger partial charge in [0.05, 0.1) is 17.2 Å². The molecule has 21 heavy (non-hydrogen) atoms. The number of amides is 1. The van der Waals surface area contributed by atoms with Gasteiger partial charge < -0.3 is 10.0 Å². The lowest BCUT2D eigenvalue weighted by Gasteiger charge is -2.22. The fourth-order valence-electron chi connectivity index (χ4n) is 1.92. The molecule has 0 radical (unpaired) electrons. The number of benzene rings is 1. The van der Waals surface area contributed by atoms with E-state index in [0.717, 1.165) is 5.56 Å². The van der Waals surface area contributed by atoms with Gasteiger partial charge >= 0.3 is 0 Å². The zero-order valence-corrected chi connectivity index (χ0v) is 12.7. The van der Waals surface area contributed by atoms with Crippen molar-refractivity contribution < 1.29 is 9.90 Å². The van der Waals surface area contributed by atoms with Crippen molar-refractivity contribution in [1.82, 2.24) is 9.88 Å². The molecule has 1 aromatic carbocycles. The lowest BCUT2D eigenvalue weighted by atomic mass is 10.2. The Hall–Kier alpha value is -1.62. The summed E-state index contributed by atoms with van der Waals surface area (Å²) >= 11 is 11.8. The number of hydrogen-bond donors (Lipinski definition) is 1. The summed E-state index contributed by atoms with van der Waals surface area (Å²) in [6, 6.07) is 11.0. The Balaban J connectivity index is 2.25. The summed E-state index contributed by atoms with van der Waals surface area (Å²) in [6.45, 7) is 0.468. The Labute approximate surface area is 132 Å². The largest absolute Gasteiger partial charge is 0.395 e. The number of carbonyl (C=O) groups excluding carboxylic acids is 1. The van der Waals surface area contributed by atoms with Gasteiger partial charge in [-0.3, -0.25) is 4.79 Å². The molecule has 0 spiro atoms. The second-order valence-corrected chi connectivity index (χ2v) is 5.22. The molecule has 1 heterocycles. The van der Waals surface area contributed by atoms with Crippen LogP contribution in [0.3, 0.4) is 0 Å². The minimum absolute atomic E-state index is 0.130. The highest BCUT2D eigenvalue weighted by molar-refractivity contribution is 6.35. The third-order valence-electron chi connectivity index (χ3n) is 2.93. The zero-order chi connectivity index (χ0) is 15.2. The summed E-state index contributed by atoms with van der Waals surface area (Å²) in [5, 5.41) is 9.61. The highest BCUT2D eigenvalue weighted by Crippen LogP contribution is 2.20. The van der Waals surface area contributed by atoms with E-state index in [9.17, 15) is 4.79 Å². The van der Waals surface area contributed by atoms with Gasteiger partial charge in [0.25, 0.3) is 5.91 Å². The number of hydrogen-bond acceptors (Lipinski definition) is 3. The Morgan fingerprint density at radius 2 is 1.95 bits per heavy atom. The Morgan fingerprint density at radius 3 is 2.62 bits per heavy atom. The van der Waals surface area contributed by atoms with E-state index in [2.05, 4.69) is 4.98 Å². The number of aromatic nitrogens is 1. The molecule has 0 unspecified atom stereocenters. The molecular formula is C15H14Cl2N2O2. The normalized spacial score (nSPS) is 10.4. The molecule has 0 aliphatic rings. The standard InChI is InChI=1S/C15H14Cl2N2O2/c16-13-9-18-14(17)8-12(13)15(21)19(6-7-20)10-11-4-2-1-3-5-11/h1-5,8-9,20H,6-7,10H2. The molecule has 0 fully saturated rings. The molecule has 2 aromatic rings. The van der Waals surface area contributed by atoms with Crippen LogP contribution < -0.4 is 0 Å². The highest BCUT2D eigenvalue weighted by Gasteiger charge is 2.19. The number of halogens is 2. The van der Waals surface area contributed by atoms with E-state index in [1.54, 1.807) is 0 Å².